The summed E-state index contributed by atoms with van der Waals surface area (Å²) in [5.74, 6) is 2.13. The van der Waals surface area contributed by atoms with Crippen molar-refractivity contribution in [2.45, 2.75) is 19.8 Å². The molecule has 1 fully saturated rings. The molecular weight excluding hydrogens is 300 g/mol. The summed E-state index contributed by atoms with van der Waals surface area (Å²) in [7, 11) is 0. The van der Waals surface area contributed by atoms with Crippen LogP contribution in [-0.4, -0.2) is 54.2 Å². The number of benzene rings is 1. The predicted octanol–water partition coefficient (Wildman–Crippen LogP) is 2.08. The van der Waals surface area contributed by atoms with Crippen molar-refractivity contribution in [1.29, 1.82) is 0 Å². The Balaban J connectivity index is 1.29. The van der Waals surface area contributed by atoms with Crippen molar-refractivity contribution in [3.8, 4) is 5.75 Å². The lowest BCUT2D eigenvalue weighted by Crippen LogP contribution is -2.47. The van der Waals surface area contributed by atoms with E-state index in [1.54, 1.807) is 6.33 Å². The van der Waals surface area contributed by atoms with Crippen molar-refractivity contribution in [2.24, 2.45) is 0 Å². The Morgan fingerprint density at radius 2 is 1.96 bits per heavy atom. The van der Waals surface area contributed by atoms with Gasteiger partial charge < -0.3 is 9.64 Å². The third-order valence-corrected chi connectivity index (χ3v) is 4.96. The van der Waals surface area contributed by atoms with E-state index in [4.69, 9.17) is 4.74 Å². The predicted molar refractivity (Wildman–Crippen MR) is 94.8 cm³/mol. The molecule has 3 heterocycles. The molecule has 0 spiro atoms. The molecular formula is C19H24N4O. The van der Waals surface area contributed by atoms with Crippen LogP contribution in [0.2, 0.25) is 0 Å². The molecule has 0 bridgehead atoms. The minimum atomic E-state index is 0.837. The van der Waals surface area contributed by atoms with E-state index in [9.17, 15) is 0 Å². The van der Waals surface area contributed by atoms with Crippen LogP contribution in [0.1, 0.15) is 16.8 Å². The summed E-state index contributed by atoms with van der Waals surface area (Å²) in [6.45, 7) is 8.24. The van der Waals surface area contributed by atoms with Gasteiger partial charge in [0.25, 0.3) is 0 Å². The molecule has 24 heavy (non-hydrogen) atoms. The van der Waals surface area contributed by atoms with Crippen LogP contribution < -0.4 is 9.64 Å². The standard InChI is InChI=1S/C19H24N4O/c1-15-12-19(21-14-20-15)23-9-7-22(8-10-23)6-4-16-2-3-18-17(13-16)5-11-24-18/h2-3,12-14H,4-11H2,1H3. The van der Waals surface area contributed by atoms with Crippen molar-refractivity contribution in [2.75, 3.05) is 44.2 Å². The fourth-order valence-corrected chi connectivity index (χ4v) is 3.50. The van der Waals surface area contributed by atoms with Gasteiger partial charge in [-0.3, -0.25) is 4.90 Å². The number of fused-ring (bicyclic) bond motifs is 1. The van der Waals surface area contributed by atoms with Crippen molar-refractivity contribution < 1.29 is 4.74 Å². The van der Waals surface area contributed by atoms with E-state index in [1.165, 1.54) is 11.1 Å². The van der Waals surface area contributed by atoms with Gasteiger partial charge in [-0.15, -0.1) is 0 Å². The van der Waals surface area contributed by atoms with Gasteiger partial charge in [0.1, 0.15) is 17.9 Å². The Bertz CT molecular complexity index is 710. The molecule has 0 unspecified atom stereocenters. The first-order valence-corrected chi connectivity index (χ1v) is 8.78. The highest BCUT2D eigenvalue weighted by Crippen LogP contribution is 2.26. The highest BCUT2D eigenvalue weighted by Gasteiger charge is 2.18. The quantitative estimate of drug-likeness (QED) is 0.861. The van der Waals surface area contributed by atoms with E-state index >= 15 is 0 Å². The van der Waals surface area contributed by atoms with Crippen LogP contribution in [0.5, 0.6) is 5.75 Å². The van der Waals surface area contributed by atoms with Crippen LogP contribution in [-0.2, 0) is 12.8 Å². The van der Waals surface area contributed by atoms with Crippen LogP contribution >= 0.6 is 0 Å². The number of aryl methyl sites for hydroxylation is 1. The van der Waals surface area contributed by atoms with Gasteiger partial charge in [-0.05, 0) is 30.5 Å². The molecule has 5 heteroatoms. The molecule has 1 aromatic carbocycles. The second-order valence-electron chi connectivity index (χ2n) is 6.64. The molecule has 5 nitrogen and oxygen atoms in total. The SMILES string of the molecule is Cc1cc(N2CCN(CCc3ccc4c(c3)CCO4)CC2)ncn1. The Morgan fingerprint density at radius 1 is 1.08 bits per heavy atom. The van der Waals surface area contributed by atoms with Crippen LogP contribution in [0.15, 0.2) is 30.6 Å². The van der Waals surface area contributed by atoms with E-state index in [0.29, 0.717) is 0 Å². The summed E-state index contributed by atoms with van der Waals surface area (Å²) in [5.41, 5.74) is 3.83. The summed E-state index contributed by atoms with van der Waals surface area (Å²) < 4.78 is 5.58. The molecule has 0 amide bonds. The summed E-state index contributed by atoms with van der Waals surface area (Å²) in [6.07, 6.45) is 3.83. The normalized spacial score (nSPS) is 17.6. The Morgan fingerprint density at radius 3 is 2.79 bits per heavy atom. The minimum absolute atomic E-state index is 0.837. The minimum Gasteiger partial charge on any atom is -0.493 e. The Hall–Kier alpha value is -2.14. The van der Waals surface area contributed by atoms with Gasteiger partial charge in [0.05, 0.1) is 6.61 Å². The van der Waals surface area contributed by atoms with Gasteiger partial charge in [-0.25, -0.2) is 9.97 Å². The van der Waals surface area contributed by atoms with Crippen LogP contribution in [0.4, 0.5) is 5.82 Å². The molecule has 0 aliphatic carbocycles. The van der Waals surface area contributed by atoms with Gasteiger partial charge in [0.2, 0.25) is 0 Å². The zero-order chi connectivity index (χ0) is 16.4. The lowest BCUT2D eigenvalue weighted by molar-refractivity contribution is 0.260. The second kappa shape index (κ2) is 6.77. The van der Waals surface area contributed by atoms with Gasteiger partial charge in [-0.1, -0.05) is 12.1 Å². The van der Waals surface area contributed by atoms with E-state index in [2.05, 4.69) is 44.0 Å². The number of nitrogens with zero attached hydrogens (tertiary/aromatic N) is 4. The number of aromatic nitrogens is 2. The van der Waals surface area contributed by atoms with Crippen molar-refractivity contribution in [1.82, 2.24) is 14.9 Å². The Labute approximate surface area is 143 Å². The summed E-state index contributed by atoms with van der Waals surface area (Å²) in [4.78, 5) is 13.5. The maximum atomic E-state index is 5.58. The first kappa shape index (κ1) is 15.4. The van der Waals surface area contributed by atoms with Crippen molar-refractivity contribution >= 4 is 5.82 Å². The van der Waals surface area contributed by atoms with Crippen LogP contribution in [0.3, 0.4) is 0 Å². The monoisotopic (exact) mass is 324 g/mol. The maximum absolute atomic E-state index is 5.58. The molecule has 0 radical (unpaired) electrons. The van der Waals surface area contributed by atoms with Crippen molar-refractivity contribution in [3.63, 3.8) is 0 Å². The molecule has 1 saturated heterocycles. The molecule has 2 aliphatic rings. The molecule has 2 aromatic rings. The van der Waals surface area contributed by atoms with Gasteiger partial charge in [0.15, 0.2) is 0 Å². The maximum Gasteiger partial charge on any atom is 0.132 e. The highest BCUT2D eigenvalue weighted by molar-refractivity contribution is 5.40. The van der Waals surface area contributed by atoms with E-state index < -0.39 is 0 Å². The molecule has 0 N–H and O–H groups in total. The van der Waals surface area contributed by atoms with E-state index in [0.717, 1.165) is 69.4 Å². The molecule has 0 atom stereocenters. The lowest BCUT2D eigenvalue weighted by atomic mass is 10.1. The first-order valence-electron chi connectivity index (χ1n) is 8.78. The zero-order valence-electron chi connectivity index (χ0n) is 14.2. The van der Waals surface area contributed by atoms with Gasteiger partial charge >= 0.3 is 0 Å². The van der Waals surface area contributed by atoms with Crippen LogP contribution in [0, 0.1) is 6.92 Å². The zero-order valence-corrected chi connectivity index (χ0v) is 14.2. The fraction of sp³-hybridized carbons (Fsp3) is 0.474. The second-order valence-corrected chi connectivity index (χ2v) is 6.64. The van der Waals surface area contributed by atoms with E-state index in [1.807, 2.05) is 6.92 Å². The van der Waals surface area contributed by atoms with Crippen molar-refractivity contribution in [3.05, 3.63) is 47.4 Å². The van der Waals surface area contributed by atoms with E-state index in [-0.39, 0.29) is 0 Å². The summed E-state index contributed by atoms with van der Waals surface area (Å²) in [5, 5.41) is 0. The number of hydrogen-bond acceptors (Lipinski definition) is 5. The average molecular weight is 324 g/mol. The highest BCUT2D eigenvalue weighted by atomic mass is 16.5. The third kappa shape index (κ3) is 3.36. The average Bonchev–Trinajstić information content (AvgIpc) is 3.08. The summed E-state index contributed by atoms with van der Waals surface area (Å²) in [6, 6.07) is 8.74. The van der Waals surface area contributed by atoms with Crippen LogP contribution in [0.25, 0.3) is 0 Å². The molecule has 1 aromatic heterocycles. The number of anilines is 1. The molecule has 126 valence electrons. The lowest BCUT2D eigenvalue weighted by Gasteiger charge is -2.35. The number of rotatable bonds is 4. The van der Waals surface area contributed by atoms with Gasteiger partial charge in [0, 0.05) is 50.9 Å². The number of piperazine rings is 1. The smallest absolute Gasteiger partial charge is 0.132 e. The number of ether oxygens (including phenoxy) is 1. The third-order valence-electron chi connectivity index (χ3n) is 4.96. The number of hydrogen-bond donors (Lipinski definition) is 0. The molecule has 0 saturated carbocycles. The summed E-state index contributed by atoms with van der Waals surface area (Å²) >= 11 is 0. The first-order chi connectivity index (χ1) is 11.8. The fourth-order valence-electron chi connectivity index (χ4n) is 3.50. The molecule has 2 aliphatic heterocycles. The molecule has 4 rings (SSSR count). The van der Waals surface area contributed by atoms with Gasteiger partial charge in [-0.2, -0.15) is 0 Å². The topological polar surface area (TPSA) is 41.5 Å². The largest absolute Gasteiger partial charge is 0.493 e. The Kier molecular flexibility index (Phi) is 4.34.